The van der Waals surface area contributed by atoms with Crippen LogP contribution in [0.25, 0.3) is 0 Å². The van der Waals surface area contributed by atoms with E-state index in [2.05, 4.69) is 10.1 Å². The second kappa shape index (κ2) is 6.35. The standard InChI is InChI=1S/C14H23N3O3/c1-9(2)8-11(18)14(19)17(3)7-6-12-15-13(20-16-12)10-4-5-10/h9-11,18H,4-8H2,1-3H3/t11-/m0/s1. The molecule has 2 rings (SSSR count). The number of aliphatic hydroxyl groups excluding tert-OH is 1. The number of aromatic nitrogens is 2. The second-order valence-electron chi connectivity index (χ2n) is 5.98. The molecule has 1 heterocycles. The number of likely N-dealkylation sites (N-methyl/N-ethyl adjacent to an activating group) is 1. The molecule has 1 amide bonds. The molecule has 0 bridgehead atoms. The Bertz CT molecular complexity index is 454. The normalized spacial score (nSPS) is 16.4. The second-order valence-corrected chi connectivity index (χ2v) is 5.98. The molecule has 1 saturated carbocycles. The van der Waals surface area contributed by atoms with Crippen molar-refractivity contribution in [2.45, 2.75) is 51.6 Å². The molecule has 0 spiro atoms. The minimum Gasteiger partial charge on any atom is -0.383 e. The van der Waals surface area contributed by atoms with Crippen LogP contribution in [0.3, 0.4) is 0 Å². The summed E-state index contributed by atoms with van der Waals surface area (Å²) in [7, 11) is 1.69. The molecule has 6 heteroatoms. The average Bonchev–Trinajstić information content (AvgIpc) is 3.13. The summed E-state index contributed by atoms with van der Waals surface area (Å²) >= 11 is 0. The first-order valence-electron chi connectivity index (χ1n) is 7.23. The molecule has 6 nitrogen and oxygen atoms in total. The molecule has 1 aliphatic carbocycles. The number of nitrogens with zero attached hydrogens (tertiary/aromatic N) is 3. The van der Waals surface area contributed by atoms with Crippen LogP contribution in [0.2, 0.25) is 0 Å². The quantitative estimate of drug-likeness (QED) is 0.816. The van der Waals surface area contributed by atoms with Gasteiger partial charge in [-0.2, -0.15) is 4.98 Å². The first-order chi connectivity index (χ1) is 9.47. The Labute approximate surface area is 119 Å². The van der Waals surface area contributed by atoms with Crippen LogP contribution in [-0.2, 0) is 11.2 Å². The van der Waals surface area contributed by atoms with E-state index in [0.717, 1.165) is 12.8 Å². The fourth-order valence-electron chi connectivity index (χ4n) is 2.04. The number of carbonyl (C=O) groups is 1. The van der Waals surface area contributed by atoms with Gasteiger partial charge in [-0.25, -0.2) is 0 Å². The van der Waals surface area contributed by atoms with Crippen LogP contribution in [0.15, 0.2) is 4.52 Å². The summed E-state index contributed by atoms with van der Waals surface area (Å²) in [5.41, 5.74) is 0. The van der Waals surface area contributed by atoms with Crippen molar-refractivity contribution in [1.82, 2.24) is 15.0 Å². The molecule has 0 saturated heterocycles. The van der Waals surface area contributed by atoms with Crippen LogP contribution < -0.4 is 0 Å². The zero-order valence-electron chi connectivity index (χ0n) is 12.4. The van der Waals surface area contributed by atoms with E-state index in [1.807, 2.05) is 13.8 Å². The van der Waals surface area contributed by atoms with Crippen LogP contribution >= 0.6 is 0 Å². The largest absolute Gasteiger partial charge is 0.383 e. The predicted octanol–water partition coefficient (Wildman–Crippen LogP) is 1.35. The van der Waals surface area contributed by atoms with Crippen molar-refractivity contribution < 1.29 is 14.4 Å². The summed E-state index contributed by atoms with van der Waals surface area (Å²) in [5.74, 6) is 1.84. The average molecular weight is 281 g/mol. The highest BCUT2D eigenvalue weighted by molar-refractivity contribution is 5.80. The van der Waals surface area contributed by atoms with Crippen molar-refractivity contribution in [3.63, 3.8) is 0 Å². The highest BCUT2D eigenvalue weighted by Crippen LogP contribution is 2.38. The highest BCUT2D eigenvalue weighted by atomic mass is 16.5. The summed E-state index contributed by atoms with van der Waals surface area (Å²) in [5, 5.41) is 13.7. The number of hydrogen-bond donors (Lipinski definition) is 1. The molecule has 112 valence electrons. The first-order valence-corrected chi connectivity index (χ1v) is 7.23. The van der Waals surface area contributed by atoms with E-state index in [9.17, 15) is 9.90 Å². The maximum Gasteiger partial charge on any atom is 0.251 e. The molecule has 1 aromatic rings. The van der Waals surface area contributed by atoms with Gasteiger partial charge in [-0.05, 0) is 25.2 Å². The fraction of sp³-hybridized carbons (Fsp3) is 0.786. The number of hydrogen-bond acceptors (Lipinski definition) is 5. The highest BCUT2D eigenvalue weighted by Gasteiger charge is 2.29. The topological polar surface area (TPSA) is 79.5 Å². The Hall–Kier alpha value is -1.43. The van der Waals surface area contributed by atoms with Crippen LogP contribution in [-0.4, -0.2) is 45.8 Å². The molecule has 1 fully saturated rings. The third kappa shape index (κ3) is 4.03. The fourth-order valence-corrected chi connectivity index (χ4v) is 2.04. The van der Waals surface area contributed by atoms with Gasteiger partial charge in [0.1, 0.15) is 6.10 Å². The van der Waals surface area contributed by atoms with Crippen molar-refractivity contribution in [2.75, 3.05) is 13.6 Å². The van der Waals surface area contributed by atoms with E-state index >= 15 is 0 Å². The van der Waals surface area contributed by atoms with Crippen molar-refractivity contribution >= 4 is 5.91 Å². The lowest BCUT2D eigenvalue weighted by atomic mass is 10.1. The lowest BCUT2D eigenvalue weighted by molar-refractivity contribution is -0.139. The first kappa shape index (κ1) is 15.0. The van der Waals surface area contributed by atoms with Crippen LogP contribution in [0, 0.1) is 5.92 Å². The smallest absolute Gasteiger partial charge is 0.251 e. The van der Waals surface area contributed by atoms with Gasteiger partial charge in [-0.1, -0.05) is 19.0 Å². The van der Waals surface area contributed by atoms with Crippen molar-refractivity contribution in [2.24, 2.45) is 5.92 Å². The minimum atomic E-state index is -0.924. The van der Waals surface area contributed by atoms with Gasteiger partial charge in [-0.15, -0.1) is 0 Å². The number of aliphatic hydroxyl groups is 1. The van der Waals surface area contributed by atoms with Gasteiger partial charge in [0.15, 0.2) is 5.82 Å². The minimum absolute atomic E-state index is 0.246. The lowest BCUT2D eigenvalue weighted by Crippen LogP contribution is -2.38. The van der Waals surface area contributed by atoms with Gasteiger partial charge in [-0.3, -0.25) is 4.79 Å². The van der Waals surface area contributed by atoms with E-state index in [-0.39, 0.29) is 5.91 Å². The van der Waals surface area contributed by atoms with Crippen LogP contribution in [0.4, 0.5) is 0 Å². The Morgan fingerprint density at radius 1 is 1.50 bits per heavy atom. The van der Waals surface area contributed by atoms with Gasteiger partial charge in [0.05, 0.1) is 0 Å². The number of rotatable bonds is 7. The Kier molecular flexibility index (Phi) is 4.75. The van der Waals surface area contributed by atoms with Gasteiger partial charge in [0.2, 0.25) is 5.89 Å². The molecule has 0 radical (unpaired) electrons. The molecule has 1 atom stereocenters. The van der Waals surface area contributed by atoms with Gasteiger partial charge in [0.25, 0.3) is 5.91 Å². The zero-order chi connectivity index (χ0) is 14.7. The Balaban J connectivity index is 1.78. The maximum absolute atomic E-state index is 11.9. The molecule has 1 aliphatic rings. The molecule has 0 unspecified atom stereocenters. The molecule has 20 heavy (non-hydrogen) atoms. The zero-order valence-corrected chi connectivity index (χ0v) is 12.4. The van der Waals surface area contributed by atoms with E-state index in [4.69, 9.17) is 4.52 Å². The lowest BCUT2D eigenvalue weighted by Gasteiger charge is -2.21. The van der Waals surface area contributed by atoms with E-state index < -0.39 is 6.10 Å². The molecule has 0 aromatic carbocycles. The molecule has 1 aromatic heterocycles. The summed E-state index contributed by atoms with van der Waals surface area (Å²) in [6.45, 7) is 4.45. The number of carbonyl (C=O) groups excluding carboxylic acids is 1. The van der Waals surface area contributed by atoms with Crippen molar-refractivity contribution in [3.8, 4) is 0 Å². The SMILES string of the molecule is CC(C)C[C@H](O)C(=O)N(C)CCc1noc(C2CC2)n1. The van der Waals surface area contributed by atoms with E-state index in [1.54, 1.807) is 7.05 Å². The summed E-state index contributed by atoms with van der Waals surface area (Å²) in [4.78, 5) is 17.8. The molecular weight excluding hydrogens is 258 g/mol. The van der Waals surface area contributed by atoms with E-state index in [0.29, 0.717) is 42.9 Å². The molecular formula is C14H23N3O3. The van der Waals surface area contributed by atoms with Crippen LogP contribution in [0.5, 0.6) is 0 Å². The van der Waals surface area contributed by atoms with Crippen LogP contribution in [0.1, 0.15) is 50.7 Å². The summed E-state index contributed by atoms with van der Waals surface area (Å²) < 4.78 is 5.17. The summed E-state index contributed by atoms with van der Waals surface area (Å²) in [6.07, 6.45) is 2.36. The maximum atomic E-state index is 11.9. The van der Waals surface area contributed by atoms with Crippen molar-refractivity contribution in [3.05, 3.63) is 11.7 Å². The monoisotopic (exact) mass is 281 g/mol. The predicted molar refractivity (Wildman–Crippen MR) is 73.1 cm³/mol. The third-order valence-corrected chi connectivity index (χ3v) is 3.44. The molecule has 0 aliphatic heterocycles. The van der Waals surface area contributed by atoms with E-state index in [1.165, 1.54) is 4.90 Å². The number of amides is 1. The Morgan fingerprint density at radius 2 is 2.20 bits per heavy atom. The van der Waals surface area contributed by atoms with Gasteiger partial charge < -0.3 is 14.5 Å². The Morgan fingerprint density at radius 3 is 2.80 bits per heavy atom. The third-order valence-electron chi connectivity index (χ3n) is 3.44. The summed E-state index contributed by atoms with van der Waals surface area (Å²) in [6, 6.07) is 0. The molecule has 1 N–H and O–H groups in total. The van der Waals surface area contributed by atoms with Gasteiger partial charge >= 0.3 is 0 Å². The van der Waals surface area contributed by atoms with Crippen molar-refractivity contribution in [1.29, 1.82) is 0 Å². The van der Waals surface area contributed by atoms with Gasteiger partial charge in [0, 0.05) is 25.9 Å².